The number of ether oxygens (including phenoxy) is 1. The van der Waals surface area contributed by atoms with Crippen molar-refractivity contribution in [1.82, 2.24) is 23.9 Å². The summed E-state index contributed by atoms with van der Waals surface area (Å²) in [6.45, 7) is 1.99. The fraction of sp³-hybridized carbons (Fsp3) is 0.350. The maximum atomic E-state index is 13.3. The number of aromatic amines is 1. The molecule has 4 aromatic rings. The highest BCUT2D eigenvalue weighted by Crippen LogP contribution is 2.44. The first-order valence-electron chi connectivity index (χ1n) is 10.4. The number of thioether (sulfide) groups is 1. The van der Waals surface area contributed by atoms with Crippen LogP contribution < -0.4 is 5.56 Å². The standard InChI is InChI=1S/C20H18N5O6PS/c1-2-33-20-22-13-16(25(20)18-14(26)15-12(30-18)9-29-32(28)31-15)23-19-21-11(8-24(19)17(13)27)10-6-4-3-5-7-10/h3-8,12,14-15,18,26H,2,9H2,1H3/p+1/t12?,14-,15+,18+/m0/s1. The van der Waals surface area contributed by atoms with Gasteiger partial charge in [0.05, 0.1) is 5.69 Å². The molecule has 0 bridgehead atoms. The van der Waals surface area contributed by atoms with E-state index in [9.17, 15) is 14.5 Å². The zero-order valence-corrected chi connectivity index (χ0v) is 19.0. The van der Waals surface area contributed by atoms with Crippen molar-refractivity contribution >= 4 is 37.0 Å². The number of aliphatic hydroxyl groups excluding tert-OH is 1. The van der Waals surface area contributed by atoms with Gasteiger partial charge in [-0.25, -0.2) is 9.38 Å². The molecule has 5 atom stereocenters. The lowest BCUT2D eigenvalue weighted by Crippen LogP contribution is -2.37. The van der Waals surface area contributed by atoms with Crippen molar-refractivity contribution in [1.29, 1.82) is 0 Å². The Kier molecular flexibility index (Phi) is 5.09. The Hall–Kier alpha value is -2.60. The summed E-state index contributed by atoms with van der Waals surface area (Å²) in [6, 6.07) is 9.60. The summed E-state index contributed by atoms with van der Waals surface area (Å²) >= 11 is 1.40. The normalized spacial score (nSPS) is 26.3. The van der Waals surface area contributed by atoms with Crippen LogP contribution in [0, 0.1) is 0 Å². The van der Waals surface area contributed by atoms with Crippen LogP contribution in [0.15, 0.2) is 46.5 Å². The quantitative estimate of drug-likeness (QED) is 0.328. The minimum atomic E-state index is -2.32. The first kappa shape index (κ1) is 21.0. The van der Waals surface area contributed by atoms with Crippen LogP contribution in [0.5, 0.6) is 0 Å². The maximum absolute atomic E-state index is 13.3. The highest BCUT2D eigenvalue weighted by molar-refractivity contribution is 7.99. The van der Waals surface area contributed by atoms with Crippen LogP contribution in [0.25, 0.3) is 28.2 Å². The van der Waals surface area contributed by atoms with Gasteiger partial charge in [-0.3, -0.25) is 9.36 Å². The van der Waals surface area contributed by atoms with Crippen molar-refractivity contribution in [3.8, 4) is 11.3 Å². The highest BCUT2D eigenvalue weighted by Gasteiger charge is 2.55. The Morgan fingerprint density at radius 1 is 1.30 bits per heavy atom. The summed E-state index contributed by atoms with van der Waals surface area (Å²) in [4.78, 5) is 25.7. The van der Waals surface area contributed by atoms with Crippen molar-refractivity contribution in [2.24, 2.45) is 0 Å². The summed E-state index contributed by atoms with van der Waals surface area (Å²) in [7, 11) is -2.32. The minimum Gasteiger partial charge on any atom is -0.385 e. The molecular weight excluding hydrogens is 469 g/mol. The van der Waals surface area contributed by atoms with Gasteiger partial charge in [0.1, 0.15) is 18.8 Å². The van der Waals surface area contributed by atoms with Gasteiger partial charge < -0.3 is 14.8 Å². The predicted octanol–water partition coefficient (Wildman–Crippen LogP) is 2.48. The Morgan fingerprint density at radius 3 is 2.91 bits per heavy atom. The van der Waals surface area contributed by atoms with Gasteiger partial charge in [-0.15, -0.1) is 9.05 Å². The second kappa shape index (κ2) is 8.01. The number of hydrogen-bond acceptors (Lipinski definition) is 9. The molecule has 33 heavy (non-hydrogen) atoms. The maximum Gasteiger partial charge on any atom is 0.697 e. The topological polar surface area (TPSA) is 133 Å². The molecule has 0 amide bonds. The van der Waals surface area contributed by atoms with Crippen LogP contribution in [0.4, 0.5) is 0 Å². The highest BCUT2D eigenvalue weighted by atomic mass is 32.2. The van der Waals surface area contributed by atoms with E-state index in [2.05, 4.69) is 15.0 Å². The predicted molar refractivity (Wildman–Crippen MR) is 119 cm³/mol. The van der Waals surface area contributed by atoms with Crippen molar-refractivity contribution in [2.75, 3.05) is 12.4 Å². The molecular formula is C20H19N5O6PS+. The SMILES string of the molecule is CCSc1nc2c(=O)n3cc(-c4ccccc4)[nH]c3nc2n1[C@@H]1OC2CO[P+](=O)O[C@H]2[C@@H]1O. The molecule has 2 aliphatic heterocycles. The number of nitrogens with zero attached hydrogens (tertiary/aromatic N) is 4. The van der Waals surface area contributed by atoms with E-state index < -0.39 is 32.8 Å². The molecule has 1 aromatic carbocycles. The molecule has 2 aliphatic rings. The minimum absolute atomic E-state index is 0.0354. The fourth-order valence-electron chi connectivity index (χ4n) is 4.19. The summed E-state index contributed by atoms with van der Waals surface area (Å²) in [5.74, 6) is 1.02. The third kappa shape index (κ3) is 3.33. The molecule has 2 fully saturated rings. The molecule has 2 saturated heterocycles. The van der Waals surface area contributed by atoms with Crippen LogP contribution in [0.2, 0.25) is 0 Å². The average Bonchev–Trinajstić information content (AvgIpc) is 3.49. The van der Waals surface area contributed by atoms with Crippen molar-refractivity contribution in [2.45, 2.75) is 36.6 Å². The summed E-state index contributed by atoms with van der Waals surface area (Å²) in [5, 5.41) is 11.4. The van der Waals surface area contributed by atoms with Gasteiger partial charge in [-0.05, 0) is 11.3 Å². The molecule has 13 heteroatoms. The molecule has 2 N–H and O–H groups in total. The molecule has 0 aliphatic carbocycles. The molecule has 0 spiro atoms. The lowest BCUT2D eigenvalue weighted by Gasteiger charge is -2.18. The zero-order chi connectivity index (χ0) is 22.7. The van der Waals surface area contributed by atoms with E-state index in [1.807, 2.05) is 37.3 Å². The molecule has 5 heterocycles. The van der Waals surface area contributed by atoms with Gasteiger partial charge >= 0.3 is 8.25 Å². The van der Waals surface area contributed by atoms with Crippen molar-refractivity contribution in [3.05, 3.63) is 46.9 Å². The Labute approximate surface area is 191 Å². The molecule has 0 radical (unpaired) electrons. The third-order valence-corrected chi connectivity index (χ3v) is 7.30. The smallest absolute Gasteiger partial charge is 0.385 e. The lowest BCUT2D eigenvalue weighted by atomic mass is 10.1. The fourth-order valence-corrected chi connectivity index (χ4v) is 5.73. The third-order valence-electron chi connectivity index (χ3n) is 5.69. The lowest BCUT2D eigenvalue weighted by molar-refractivity contribution is -0.0583. The number of imidazole rings is 2. The Bertz CT molecular complexity index is 1440. The Balaban J connectivity index is 1.52. The van der Waals surface area contributed by atoms with Crippen molar-refractivity contribution in [3.63, 3.8) is 0 Å². The van der Waals surface area contributed by atoms with E-state index in [-0.39, 0.29) is 23.3 Å². The van der Waals surface area contributed by atoms with E-state index in [0.29, 0.717) is 16.7 Å². The average molecular weight is 488 g/mol. The number of hydrogen-bond donors (Lipinski definition) is 2. The number of benzene rings is 1. The van der Waals surface area contributed by atoms with Crippen LogP contribution in [0.1, 0.15) is 13.2 Å². The van der Waals surface area contributed by atoms with Crippen LogP contribution >= 0.6 is 20.0 Å². The van der Waals surface area contributed by atoms with Gasteiger partial charge in [0, 0.05) is 10.8 Å². The van der Waals surface area contributed by atoms with E-state index in [4.69, 9.17) is 13.8 Å². The largest absolute Gasteiger partial charge is 0.697 e. The van der Waals surface area contributed by atoms with Crippen LogP contribution in [-0.2, 0) is 18.3 Å². The van der Waals surface area contributed by atoms with Gasteiger partial charge in [-0.2, -0.15) is 4.98 Å². The monoisotopic (exact) mass is 488 g/mol. The second-order valence-corrected chi connectivity index (χ2v) is 9.81. The number of nitrogens with one attached hydrogen (secondary N) is 1. The number of rotatable bonds is 4. The van der Waals surface area contributed by atoms with E-state index in [0.717, 1.165) is 11.3 Å². The summed E-state index contributed by atoms with van der Waals surface area (Å²) in [6.07, 6.45) is -1.79. The van der Waals surface area contributed by atoms with Crippen LogP contribution in [-0.4, -0.2) is 59.7 Å². The number of aromatic nitrogens is 5. The summed E-state index contributed by atoms with van der Waals surface area (Å²) < 4.78 is 31.1. The summed E-state index contributed by atoms with van der Waals surface area (Å²) in [5.41, 5.74) is 1.76. The van der Waals surface area contributed by atoms with Crippen molar-refractivity contribution < 1.29 is 23.5 Å². The first-order valence-corrected chi connectivity index (χ1v) is 12.4. The molecule has 6 rings (SSSR count). The number of aliphatic hydroxyl groups is 1. The van der Waals surface area contributed by atoms with E-state index >= 15 is 0 Å². The molecule has 3 aromatic heterocycles. The first-order chi connectivity index (χ1) is 16.0. The Morgan fingerprint density at radius 2 is 2.12 bits per heavy atom. The van der Waals surface area contributed by atoms with E-state index in [1.165, 1.54) is 16.2 Å². The van der Waals surface area contributed by atoms with Crippen LogP contribution in [0.3, 0.4) is 0 Å². The van der Waals surface area contributed by atoms with Gasteiger partial charge in [0.15, 0.2) is 28.7 Å². The van der Waals surface area contributed by atoms with E-state index in [1.54, 1.807) is 10.8 Å². The molecule has 11 nitrogen and oxygen atoms in total. The number of H-pyrrole nitrogens is 1. The van der Waals surface area contributed by atoms with Gasteiger partial charge in [0.25, 0.3) is 5.56 Å². The molecule has 2 unspecified atom stereocenters. The second-order valence-electron chi connectivity index (χ2n) is 7.66. The van der Waals surface area contributed by atoms with Gasteiger partial charge in [-0.1, -0.05) is 49.0 Å². The zero-order valence-electron chi connectivity index (χ0n) is 17.3. The van der Waals surface area contributed by atoms with Gasteiger partial charge in [0.2, 0.25) is 5.78 Å². The molecule has 0 saturated carbocycles. The molecule has 170 valence electrons. The number of fused-ring (bicyclic) bond motifs is 3.